The van der Waals surface area contributed by atoms with Crippen LogP contribution in [0.3, 0.4) is 0 Å². The van der Waals surface area contributed by atoms with Gasteiger partial charge >= 0.3 is 18.0 Å². The Bertz CT molecular complexity index is 331. The minimum atomic E-state index is -1.47. The standard InChI is InChI=1S/C11H20N2O6/c1-7(2)13(4-3-5-14)11(19)12-8(10(17)18)6-9(15)16/h7-8,14H,3-6H2,1-2H3,(H,12,19)(H,15,16)(H,17,18). The lowest BCUT2D eigenvalue weighted by Gasteiger charge is -2.28. The summed E-state index contributed by atoms with van der Waals surface area (Å²) >= 11 is 0. The van der Waals surface area contributed by atoms with E-state index in [1.165, 1.54) is 4.90 Å². The summed E-state index contributed by atoms with van der Waals surface area (Å²) in [5.74, 6) is -2.71. The number of aliphatic hydroxyl groups excluding tert-OH is 1. The molecule has 0 rings (SSSR count). The van der Waals surface area contributed by atoms with Crippen molar-refractivity contribution in [3.05, 3.63) is 0 Å². The SMILES string of the molecule is CC(C)N(CCCO)C(=O)NC(CC(=O)O)C(=O)O. The third-order valence-corrected chi connectivity index (χ3v) is 2.42. The average Bonchev–Trinajstić information content (AvgIpc) is 2.27. The molecule has 0 saturated carbocycles. The number of urea groups is 1. The van der Waals surface area contributed by atoms with Crippen LogP contribution in [0.5, 0.6) is 0 Å². The maximum Gasteiger partial charge on any atom is 0.326 e. The largest absolute Gasteiger partial charge is 0.481 e. The molecule has 110 valence electrons. The van der Waals surface area contributed by atoms with Crippen LogP contribution in [0, 0.1) is 0 Å². The molecule has 8 nitrogen and oxygen atoms in total. The van der Waals surface area contributed by atoms with E-state index in [2.05, 4.69) is 5.32 Å². The van der Waals surface area contributed by atoms with Gasteiger partial charge in [0.25, 0.3) is 0 Å². The highest BCUT2D eigenvalue weighted by Gasteiger charge is 2.26. The molecule has 0 radical (unpaired) electrons. The lowest BCUT2D eigenvalue weighted by atomic mass is 10.2. The summed E-state index contributed by atoms with van der Waals surface area (Å²) < 4.78 is 0. The first-order valence-corrected chi connectivity index (χ1v) is 5.92. The minimum absolute atomic E-state index is 0.0893. The maximum atomic E-state index is 11.9. The molecule has 19 heavy (non-hydrogen) atoms. The van der Waals surface area contributed by atoms with Crippen LogP contribution in [-0.4, -0.2) is 63.4 Å². The fourth-order valence-corrected chi connectivity index (χ4v) is 1.44. The van der Waals surface area contributed by atoms with Gasteiger partial charge in [0.2, 0.25) is 0 Å². The van der Waals surface area contributed by atoms with Gasteiger partial charge in [0.1, 0.15) is 6.04 Å². The number of hydrogen-bond donors (Lipinski definition) is 4. The fraction of sp³-hybridized carbons (Fsp3) is 0.727. The quantitative estimate of drug-likeness (QED) is 0.482. The highest BCUT2D eigenvalue weighted by Crippen LogP contribution is 2.02. The zero-order chi connectivity index (χ0) is 15.0. The van der Waals surface area contributed by atoms with Crippen molar-refractivity contribution in [1.29, 1.82) is 0 Å². The third kappa shape index (κ3) is 6.61. The Morgan fingerprint density at radius 1 is 1.21 bits per heavy atom. The van der Waals surface area contributed by atoms with Crippen LogP contribution in [0.4, 0.5) is 4.79 Å². The topological polar surface area (TPSA) is 127 Å². The first-order valence-electron chi connectivity index (χ1n) is 5.92. The van der Waals surface area contributed by atoms with Crippen LogP contribution in [0.2, 0.25) is 0 Å². The number of nitrogens with zero attached hydrogens (tertiary/aromatic N) is 1. The molecule has 0 aliphatic heterocycles. The van der Waals surface area contributed by atoms with Crippen LogP contribution in [0.25, 0.3) is 0 Å². The normalized spacial score (nSPS) is 12.0. The number of carboxylic acid groups (broad SMARTS) is 2. The first-order chi connectivity index (χ1) is 8.79. The van der Waals surface area contributed by atoms with E-state index < -0.39 is 30.4 Å². The molecule has 0 spiro atoms. The number of aliphatic carboxylic acids is 2. The molecule has 2 amide bonds. The molecular weight excluding hydrogens is 256 g/mol. The van der Waals surface area contributed by atoms with Gasteiger partial charge in [-0.15, -0.1) is 0 Å². The highest BCUT2D eigenvalue weighted by molar-refractivity contribution is 5.86. The lowest BCUT2D eigenvalue weighted by Crippen LogP contribution is -2.51. The molecule has 0 aliphatic carbocycles. The molecule has 0 aromatic rings. The van der Waals surface area contributed by atoms with Crippen LogP contribution >= 0.6 is 0 Å². The van der Waals surface area contributed by atoms with Gasteiger partial charge in [0.05, 0.1) is 6.42 Å². The molecule has 1 unspecified atom stereocenters. The molecule has 8 heteroatoms. The summed E-state index contributed by atoms with van der Waals surface area (Å²) in [6.07, 6.45) is -0.324. The molecule has 0 heterocycles. The van der Waals surface area contributed by atoms with Crippen molar-refractivity contribution in [2.24, 2.45) is 0 Å². The predicted octanol–water partition coefficient (Wildman–Crippen LogP) is -0.283. The zero-order valence-corrected chi connectivity index (χ0v) is 11.0. The molecular formula is C11H20N2O6. The monoisotopic (exact) mass is 276 g/mol. The van der Waals surface area contributed by atoms with Crippen molar-refractivity contribution in [1.82, 2.24) is 10.2 Å². The Morgan fingerprint density at radius 3 is 2.16 bits per heavy atom. The average molecular weight is 276 g/mol. The van der Waals surface area contributed by atoms with Crippen LogP contribution in [-0.2, 0) is 9.59 Å². The molecule has 0 saturated heterocycles. The van der Waals surface area contributed by atoms with Gasteiger partial charge in [-0.25, -0.2) is 9.59 Å². The Hall–Kier alpha value is -1.83. The summed E-state index contributed by atoms with van der Waals surface area (Å²) in [5, 5.41) is 28.3. The first kappa shape index (κ1) is 17.2. The van der Waals surface area contributed by atoms with Crippen molar-refractivity contribution in [2.75, 3.05) is 13.2 Å². The lowest BCUT2D eigenvalue weighted by molar-refractivity contribution is -0.145. The molecule has 0 aromatic heterocycles. The number of nitrogens with one attached hydrogen (secondary N) is 1. The van der Waals surface area contributed by atoms with Crippen molar-refractivity contribution in [3.63, 3.8) is 0 Å². The Labute approximate surface area is 111 Å². The van der Waals surface area contributed by atoms with Gasteiger partial charge in [0.15, 0.2) is 0 Å². The Balaban J connectivity index is 4.65. The van der Waals surface area contributed by atoms with Gasteiger partial charge in [-0.3, -0.25) is 4.79 Å². The van der Waals surface area contributed by atoms with Crippen molar-refractivity contribution in [3.8, 4) is 0 Å². The molecule has 4 N–H and O–H groups in total. The van der Waals surface area contributed by atoms with Crippen LogP contribution in [0.15, 0.2) is 0 Å². The van der Waals surface area contributed by atoms with E-state index in [1.807, 2.05) is 0 Å². The number of carbonyl (C=O) groups is 3. The second-order valence-electron chi connectivity index (χ2n) is 4.30. The zero-order valence-electron chi connectivity index (χ0n) is 11.0. The van der Waals surface area contributed by atoms with Crippen LogP contribution in [0.1, 0.15) is 26.7 Å². The van der Waals surface area contributed by atoms with Crippen molar-refractivity contribution < 1.29 is 29.7 Å². The van der Waals surface area contributed by atoms with E-state index >= 15 is 0 Å². The van der Waals surface area contributed by atoms with Gasteiger partial charge in [0, 0.05) is 19.2 Å². The van der Waals surface area contributed by atoms with Gasteiger partial charge < -0.3 is 25.5 Å². The summed E-state index contributed by atoms with van der Waals surface area (Å²) in [4.78, 5) is 34.6. The van der Waals surface area contributed by atoms with E-state index in [0.717, 1.165) is 0 Å². The molecule has 0 aliphatic rings. The highest BCUT2D eigenvalue weighted by atomic mass is 16.4. The summed E-state index contributed by atoms with van der Waals surface area (Å²) in [6, 6.07) is -2.32. The van der Waals surface area contributed by atoms with E-state index in [4.69, 9.17) is 15.3 Å². The number of amides is 2. The maximum absolute atomic E-state index is 11.9. The number of rotatable bonds is 8. The molecule has 0 fully saturated rings. The fourth-order valence-electron chi connectivity index (χ4n) is 1.44. The predicted molar refractivity (Wildman–Crippen MR) is 65.8 cm³/mol. The van der Waals surface area contributed by atoms with E-state index in [1.54, 1.807) is 13.8 Å². The summed E-state index contributed by atoms with van der Waals surface area (Å²) in [5.41, 5.74) is 0. The number of aliphatic hydroxyl groups is 1. The third-order valence-electron chi connectivity index (χ3n) is 2.42. The second kappa shape index (κ2) is 8.30. The van der Waals surface area contributed by atoms with Crippen molar-refractivity contribution in [2.45, 2.75) is 38.8 Å². The van der Waals surface area contributed by atoms with Crippen LogP contribution < -0.4 is 5.32 Å². The Kier molecular flexibility index (Phi) is 7.50. The minimum Gasteiger partial charge on any atom is -0.481 e. The second-order valence-corrected chi connectivity index (χ2v) is 4.30. The number of carboxylic acids is 2. The van der Waals surface area contributed by atoms with Gasteiger partial charge in [-0.1, -0.05) is 0 Å². The van der Waals surface area contributed by atoms with Gasteiger partial charge in [-0.05, 0) is 20.3 Å². The smallest absolute Gasteiger partial charge is 0.326 e. The van der Waals surface area contributed by atoms with E-state index in [9.17, 15) is 14.4 Å². The molecule has 0 bridgehead atoms. The number of carbonyl (C=O) groups excluding carboxylic acids is 1. The Morgan fingerprint density at radius 2 is 1.79 bits per heavy atom. The molecule has 1 atom stereocenters. The number of hydrogen-bond acceptors (Lipinski definition) is 4. The molecule has 0 aromatic carbocycles. The van der Waals surface area contributed by atoms with Gasteiger partial charge in [-0.2, -0.15) is 0 Å². The van der Waals surface area contributed by atoms with E-state index in [0.29, 0.717) is 6.42 Å². The summed E-state index contributed by atoms with van der Waals surface area (Å²) in [7, 11) is 0. The van der Waals surface area contributed by atoms with Crippen molar-refractivity contribution >= 4 is 18.0 Å². The van der Waals surface area contributed by atoms with E-state index in [-0.39, 0.29) is 19.2 Å². The summed E-state index contributed by atoms with van der Waals surface area (Å²) in [6.45, 7) is 3.65.